The van der Waals surface area contributed by atoms with Crippen LogP contribution in [0, 0.1) is 0 Å². The summed E-state index contributed by atoms with van der Waals surface area (Å²) in [5, 5.41) is 1.80. The summed E-state index contributed by atoms with van der Waals surface area (Å²) in [4.78, 5) is 1.10. The average Bonchev–Trinajstić information content (AvgIpc) is 2.91. The number of alkyl halides is 1. The molecule has 1 atom stereocenters. The third-order valence-corrected chi connectivity index (χ3v) is 4.04. The zero-order valence-electron chi connectivity index (χ0n) is 9.64. The van der Waals surface area contributed by atoms with Gasteiger partial charge in [0.1, 0.15) is 11.5 Å². The number of hydrogen-bond acceptors (Lipinski definition) is 3. The Bertz CT molecular complexity index is 482. The summed E-state index contributed by atoms with van der Waals surface area (Å²) in [6.45, 7) is 0. The van der Waals surface area contributed by atoms with Crippen molar-refractivity contribution in [2.45, 2.75) is 5.38 Å². The molecule has 2 rings (SSSR count). The molecule has 0 N–H and O–H groups in total. The fourth-order valence-electron chi connectivity index (χ4n) is 1.63. The van der Waals surface area contributed by atoms with Crippen LogP contribution in [0.3, 0.4) is 0 Å². The highest BCUT2D eigenvalue weighted by atomic mass is 35.5. The fraction of sp³-hybridized carbons (Fsp3) is 0.231. The minimum Gasteiger partial charge on any atom is -0.497 e. The zero-order chi connectivity index (χ0) is 12.3. The van der Waals surface area contributed by atoms with E-state index in [2.05, 4.69) is 0 Å². The Kier molecular flexibility index (Phi) is 3.92. The summed E-state index contributed by atoms with van der Waals surface area (Å²) in [6.07, 6.45) is 0. The highest BCUT2D eigenvalue weighted by Crippen LogP contribution is 2.38. The van der Waals surface area contributed by atoms with Crippen LogP contribution in [0.2, 0.25) is 0 Å². The van der Waals surface area contributed by atoms with Gasteiger partial charge in [0.05, 0.1) is 19.6 Å². The van der Waals surface area contributed by atoms with Crippen LogP contribution in [0.25, 0.3) is 0 Å². The molecule has 2 aromatic rings. The SMILES string of the molecule is COc1ccc(OC)c(C(Cl)c2cccs2)c1. The van der Waals surface area contributed by atoms with E-state index in [1.54, 1.807) is 25.6 Å². The molecule has 1 aromatic carbocycles. The molecular weight excluding hydrogens is 256 g/mol. The van der Waals surface area contributed by atoms with Gasteiger partial charge in [-0.25, -0.2) is 0 Å². The normalized spacial score (nSPS) is 12.2. The Morgan fingerprint density at radius 2 is 2.00 bits per heavy atom. The molecule has 0 amide bonds. The molecule has 0 saturated carbocycles. The first kappa shape index (κ1) is 12.3. The van der Waals surface area contributed by atoms with E-state index in [0.29, 0.717) is 0 Å². The summed E-state index contributed by atoms with van der Waals surface area (Å²) in [5.41, 5.74) is 0.927. The molecular formula is C13H13ClO2S. The molecule has 0 fully saturated rings. The van der Waals surface area contributed by atoms with E-state index in [-0.39, 0.29) is 5.38 Å². The molecule has 0 bridgehead atoms. The lowest BCUT2D eigenvalue weighted by atomic mass is 10.1. The molecule has 0 radical (unpaired) electrons. The van der Waals surface area contributed by atoms with Gasteiger partial charge in [-0.15, -0.1) is 22.9 Å². The summed E-state index contributed by atoms with van der Waals surface area (Å²) in [6, 6.07) is 9.65. The highest BCUT2D eigenvalue weighted by Gasteiger charge is 2.17. The fourth-order valence-corrected chi connectivity index (χ4v) is 2.74. The van der Waals surface area contributed by atoms with E-state index in [9.17, 15) is 0 Å². The molecule has 1 aromatic heterocycles. The molecule has 0 saturated heterocycles. The lowest BCUT2D eigenvalue weighted by Gasteiger charge is -2.14. The number of hydrogen-bond donors (Lipinski definition) is 0. The van der Waals surface area contributed by atoms with Crippen LogP contribution in [0.5, 0.6) is 11.5 Å². The molecule has 2 nitrogen and oxygen atoms in total. The zero-order valence-corrected chi connectivity index (χ0v) is 11.2. The van der Waals surface area contributed by atoms with Crippen LogP contribution in [0.4, 0.5) is 0 Å². The third-order valence-electron chi connectivity index (χ3n) is 2.50. The lowest BCUT2D eigenvalue weighted by Crippen LogP contribution is -1.96. The van der Waals surface area contributed by atoms with Gasteiger partial charge in [-0.1, -0.05) is 6.07 Å². The van der Waals surface area contributed by atoms with E-state index in [0.717, 1.165) is 21.9 Å². The monoisotopic (exact) mass is 268 g/mol. The highest BCUT2D eigenvalue weighted by molar-refractivity contribution is 7.10. The van der Waals surface area contributed by atoms with Gasteiger partial charge in [0.25, 0.3) is 0 Å². The molecule has 0 aliphatic carbocycles. The van der Waals surface area contributed by atoms with E-state index < -0.39 is 0 Å². The minimum atomic E-state index is -0.208. The van der Waals surface area contributed by atoms with Crippen molar-refractivity contribution in [2.75, 3.05) is 14.2 Å². The van der Waals surface area contributed by atoms with Crippen LogP contribution in [-0.2, 0) is 0 Å². The number of methoxy groups -OCH3 is 2. The first-order valence-corrected chi connectivity index (χ1v) is 6.47. The molecule has 4 heteroatoms. The van der Waals surface area contributed by atoms with E-state index in [1.807, 2.05) is 35.7 Å². The molecule has 0 aliphatic rings. The van der Waals surface area contributed by atoms with Crippen molar-refractivity contribution in [1.29, 1.82) is 0 Å². The van der Waals surface area contributed by atoms with Crippen molar-refractivity contribution in [1.82, 2.24) is 0 Å². The number of benzene rings is 1. The van der Waals surface area contributed by atoms with E-state index in [1.165, 1.54) is 0 Å². The summed E-state index contributed by atoms with van der Waals surface area (Å²) in [5.74, 6) is 1.56. The molecule has 0 spiro atoms. The van der Waals surface area contributed by atoms with Gasteiger partial charge >= 0.3 is 0 Å². The smallest absolute Gasteiger partial charge is 0.124 e. The van der Waals surface area contributed by atoms with E-state index >= 15 is 0 Å². The average molecular weight is 269 g/mol. The first-order chi connectivity index (χ1) is 8.26. The maximum atomic E-state index is 6.46. The van der Waals surface area contributed by atoms with Gasteiger partial charge in [0.15, 0.2) is 0 Å². The van der Waals surface area contributed by atoms with Crippen molar-refractivity contribution < 1.29 is 9.47 Å². The minimum absolute atomic E-state index is 0.208. The quantitative estimate of drug-likeness (QED) is 0.778. The van der Waals surface area contributed by atoms with Crippen LogP contribution < -0.4 is 9.47 Å². The topological polar surface area (TPSA) is 18.5 Å². The van der Waals surface area contributed by atoms with Crippen molar-refractivity contribution >= 4 is 22.9 Å². The molecule has 0 aliphatic heterocycles. The molecule has 1 unspecified atom stereocenters. The van der Waals surface area contributed by atoms with E-state index in [4.69, 9.17) is 21.1 Å². The first-order valence-electron chi connectivity index (χ1n) is 5.15. The summed E-state index contributed by atoms with van der Waals surface area (Å²) in [7, 11) is 3.28. The Labute approximate surface area is 110 Å². The van der Waals surface area contributed by atoms with Gasteiger partial charge in [-0.2, -0.15) is 0 Å². The molecule has 90 valence electrons. The Morgan fingerprint density at radius 1 is 1.18 bits per heavy atom. The van der Waals surface area contributed by atoms with Gasteiger partial charge in [0, 0.05) is 10.4 Å². The van der Waals surface area contributed by atoms with Crippen molar-refractivity contribution in [3.63, 3.8) is 0 Å². The van der Waals surface area contributed by atoms with Gasteiger partial charge < -0.3 is 9.47 Å². The Hall–Kier alpha value is -1.19. The van der Waals surface area contributed by atoms with Crippen molar-refractivity contribution in [3.8, 4) is 11.5 Å². The van der Waals surface area contributed by atoms with Crippen LogP contribution in [0.15, 0.2) is 35.7 Å². The second-order valence-corrected chi connectivity index (χ2v) is 4.90. The number of ether oxygens (including phenoxy) is 2. The second-order valence-electron chi connectivity index (χ2n) is 3.49. The van der Waals surface area contributed by atoms with Crippen LogP contribution in [-0.4, -0.2) is 14.2 Å². The van der Waals surface area contributed by atoms with Crippen molar-refractivity contribution in [3.05, 3.63) is 46.2 Å². The molecule has 1 heterocycles. The molecule has 17 heavy (non-hydrogen) atoms. The predicted octanol–water partition coefficient (Wildman–Crippen LogP) is 4.09. The second kappa shape index (κ2) is 5.43. The maximum absolute atomic E-state index is 6.46. The van der Waals surface area contributed by atoms with Gasteiger partial charge in [-0.3, -0.25) is 0 Å². The summed E-state index contributed by atoms with van der Waals surface area (Å²) < 4.78 is 10.5. The number of halogens is 1. The Morgan fingerprint density at radius 3 is 2.59 bits per heavy atom. The van der Waals surface area contributed by atoms with Gasteiger partial charge in [0.2, 0.25) is 0 Å². The maximum Gasteiger partial charge on any atom is 0.124 e. The Balaban J connectivity index is 2.41. The predicted molar refractivity (Wildman–Crippen MR) is 71.6 cm³/mol. The standard InChI is InChI=1S/C13H13ClO2S/c1-15-9-5-6-11(16-2)10(8-9)13(14)12-4-3-7-17-12/h3-8,13H,1-2H3. The number of thiophene rings is 1. The summed E-state index contributed by atoms with van der Waals surface area (Å²) >= 11 is 8.09. The lowest BCUT2D eigenvalue weighted by molar-refractivity contribution is 0.399. The third kappa shape index (κ3) is 2.56. The number of rotatable bonds is 4. The van der Waals surface area contributed by atoms with Gasteiger partial charge in [-0.05, 0) is 29.6 Å². The van der Waals surface area contributed by atoms with Crippen LogP contribution in [0.1, 0.15) is 15.8 Å². The van der Waals surface area contributed by atoms with Crippen molar-refractivity contribution in [2.24, 2.45) is 0 Å². The largest absolute Gasteiger partial charge is 0.497 e. The van der Waals surface area contributed by atoms with Crippen LogP contribution >= 0.6 is 22.9 Å².